The Morgan fingerprint density at radius 2 is 1.89 bits per heavy atom. The summed E-state index contributed by atoms with van der Waals surface area (Å²) in [5.74, 6) is 0.755. The van der Waals surface area contributed by atoms with Crippen LogP contribution in [-0.2, 0) is 14.3 Å². The van der Waals surface area contributed by atoms with Gasteiger partial charge in [-0.25, -0.2) is 0 Å². The van der Waals surface area contributed by atoms with Crippen molar-refractivity contribution in [1.29, 1.82) is 0 Å². The van der Waals surface area contributed by atoms with Crippen LogP contribution in [0.15, 0.2) is 11.1 Å². The summed E-state index contributed by atoms with van der Waals surface area (Å²) in [6.45, 7) is 7.90. The Bertz CT molecular complexity index is 486. The van der Waals surface area contributed by atoms with Crippen molar-refractivity contribution in [1.82, 2.24) is 0 Å². The summed E-state index contributed by atoms with van der Waals surface area (Å²) in [6.07, 6.45) is 2.27. The highest BCUT2D eigenvalue weighted by Gasteiger charge is 2.70. The molecule has 0 amide bonds. The van der Waals surface area contributed by atoms with Crippen molar-refractivity contribution < 1.29 is 14.3 Å². The van der Waals surface area contributed by atoms with Gasteiger partial charge in [0.05, 0.1) is 0 Å². The van der Waals surface area contributed by atoms with E-state index in [-0.39, 0.29) is 23.1 Å². The quantitative estimate of drug-likeness (QED) is 0.619. The topological polar surface area (TPSA) is 46.7 Å². The highest BCUT2D eigenvalue weighted by molar-refractivity contribution is 6.14. The lowest BCUT2D eigenvalue weighted by Gasteiger charge is -2.17. The molecule has 3 heteroatoms. The number of hydrogen-bond acceptors (Lipinski definition) is 3. The molecule has 0 aromatic carbocycles. The Morgan fingerprint density at radius 3 is 2.44 bits per heavy atom. The maximum absolute atomic E-state index is 12.8. The first-order valence-corrected chi connectivity index (χ1v) is 6.79. The molecule has 1 saturated carbocycles. The molecule has 1 aliphatic heterocycles. The van der Waals surface area contributed by atoms with Crippen molar-refractivity contribution in [3.63, 3.8) is 0 Å². The number of epoxide rings is 1. The van der Waals surface area contributed by atoms with Crippen molar-refractivity contribution in [3.8, 4) is 0 Å². The maximum Gasteiger partial charge on any atom is 0.194 e. The predicted octanol–water partition coefficient (Wildman–Crippen LogP) is 2.44. The normalized spacial score (nSPS) is 42.2. The molecule has 1 spiro atoms. The number of ketones is 2. The Kier molecular flexibility index (Phi) is 2.23. The van der Waals surface area contributed by atoms with Crippen LogP contribution in [0.3, 0.4) is 0 Å². The van der Waals surface area contributed by atoms with Gasteiger partial charge in [-0.1, -0.05) is 6.92 Å². The van der Waals surface area contributed by atoms with Crippen molar-refractivity contribution >= 4 is 11.6 Å². The van der Waals surface area contributed by atoms with Gasteiger partial charge in [0.1, 0.15) is 5.60 Å². The third-order valence-electron chi connectivity index (χ3n) is 5.21. The molecule has 1 heterocycles. The van der Waals surface area contributed by atoms with Gasteiger partial charge in [0.15, 0.2) is 17.2 Å². The highest BCUT2D eigenvalue weighted by Crippen LogP contribution is 2.57. The largest absolute Gasteiger partial charge is 0.354 e. The van der Waals surface area contributed by atoms with Gasteiger partial charge in [0, 0.05) is 12.0 Å². The fourth-order valence-corrected chi connectivity index (χ4v) is 3.75. The van der Waals surface area contributed by atoms with Crippen molar-refractivity contribution in [2.75, 3.05) is 0 Å². The maximum atomic E-state index is 12.8. The molecule has 1 saturated heterocycles. The van der Waals surface area contributed by atoms with Crippen LogP contribution in [-0.4, -0.2) is 22.8 Å². The first-order valence-electron chi connectivity index (χ1n) is 6.79. The summed E-state index contributed by atoms with van der Waals surface area (Å²) < 4.78 is 5.77. The third-order valence-corrected chi connectivity index (χ3v) is 5.21. The molecular weight excluding hydrogens is 228 g/mol. The fraction of sp³-hybridized carbons (Fsp3) is 0.733. The smallest absolute Gasteiger partial charge is 0.194 e. The summed E-state index contributed by atoms with van der Waals surface area (Å²) in [5.41, 5.74) is 0.453. The van der Waals surface area contributed by atoms with Crippen molar-refractivity contribution in [2.24, 2.45) is 11.8 Å². The average Bonchev–Trinajstić information content (AvgIpc) is 2.76. The molecule has 0 aromatic heterocycles. The van der Waals surface area contributed by atoms with E-state index in [0.717, 1.165) is 18.4 Å². The SMILES string of the molecule is CC1=C2C(=O)[C@@]3(CC[C@H](C)[C@@H]2CC1=O)OC3(C)C. The summed E-state index contributed by atoms with van der Waals surface area (Å²) in [7, 11) is 0. The number of allylic oxidation sites excluding steroid dienone is 1. The minimum atomic E-state index is -0.642. The molecular formula is C15H20O3. The number of carbonyl (C=O) groups is 2. The molecule has 3 atom stereocenters. The van der Waals surface area contributed by atoms with Gasteiger partial charge in [0.2, 0.25) is 0 Å². The van der Waals surface area contributed by atoms with Crippen LogP contribution >= 0.6 is 0 Å². The summed E-state index contributed by atoms with van der Waals surface area (Å²) in [4.78, 5) is 24.7. The second kappa shape index (κ2) is 3.32. The Morgan fingerprint density at radius 1 is 1.28 bits per heavy atom. The molecule has 3 rings (SSSR count). The van der Waals surface area contributed by atoms with Crippen LogP contribution in [0, 0.1) is 11.8 Å². The summed E-state index contributed by atoms with van der Waals surface area (Å²) in [5, 5.41) is 0. The van der Waals surface area contributed by atoms with Crippen LogP contribution < -0.4 is 0 Å². The number of ether oxygens (including phenoxy) is 1. The lowest BCUT2D eigenvalue weighted by atomic mass is 9.84. The van der Waals surface area contributed by atoms with Crippen LogP contribution in [0.25, 0.3) is 0 Å². The van der Waals surface area contributed by atoms with Crippen LogP contribution in [0.1, 0.15) is 47.0 Å². The highest BCUT2D eigenvalue weighted by atomic mass is 16.6. The monoisotopic (exact) mass is 248 g/mol. The average molecular weight is 248 g/mol. The number of hydrogen-bond donors (Lipinski definition) is 0. The van der Waals surface area contributed by atoms with Crippen molar-refractivity contribution in [2.45, 2.75) is 58.2 Å². The number of carbonyl (C=O) groups excluding carboxylic acids is 2. The zero-order chi connectivity index (χ0) is 13.3. The van der Waals surface area contributed by atoms with Gasteiger partial charge in [0.25, 0.3) is 0 Å². The number of Topliss-reactive ketones (excluding diaryl/α,β-unsaturated/α-hetero) is 2. The van der Waals surface area contributed by atoms with E-state index < -0.39 is 5.60 Å². The van der Waals surface area contributed by atoms with Gasteiger partial charge in [-0.2, -0.15) is 0 Å². The van der Waals surface area contributed by atoms with Gasteiger partial charge in [-0.15, -0.1) is 0 Å². The van der Waals surface area contributed by atoms with E-state index in [4.69, 9.17) is 4.74 Å². The Labute approximate surface area is 108 Å². The molecule has 18 heavy (non-hydrogen) atoms. The van der Waals surface area contributed by atoms with Crippen molar-refractivity contribution in [3.05, 3.63) is 11.1 Å². The standard InChI is InChI=1S/C15H20O3/c1-8-5-6-15(14(3,4)18-15)13(17)12-9(2)11(16)7-10(8)12/h8,10H,5-7H2,1-4H3/t8-,10-,15+/m0/s1. The molecule has 3 aliphatic rings. The Balaban J connectivity index is 2.09. The van der Waals surface area contributed by atoms with Gasteiger partial charge in [-0.05, 0) is 51.0 Å². The first-order chi connectivity index (χ1) is 8.30. The lowest BCUT2D eigenvalue weighted by Crippen LogP contribution is -2.32. The van der Waals surface area contributed by atoms with Crippen LogP contribution in [0.5, 0.6) is 0 Å². The third kappa shape index (κ3) is 1.28. The summed E-state index contributed by atoms with van der Waals surface area (Å²) in [6, 6.07) is 0. The molecule has 0 N–H and O–H groups in total. The molecule has 0 radical (unpaired) electrons. The molecule has 98 valence electrons. The van der Waals surface area contributed by atoms with Crippen LogP contribution in [0.4, 0.5) is 0 Å². The molecule has 2 fully saturated rings. The van der Waals surface area contributed by atoms with E-state index >= 15 is 0 Å². The van der Waals surface area contributed by atoms with Gasteiger partial charge in [-0.3, -0.25) is 9.59 Å². The van der Waals surface area contributed by atoms with E-state index in [9.17, 15) is 9.59 Å². The fourth-order valence-electron chi connectivity index (χ4n) is 3.75. The minimum Gasteiger partial charge on any atom is -0.354 e. The van der Waals surface area contributed by atoms with E-state index in [1.165, 1.54) is 0 Å². The minimum absolute atomic E-state index is 0.0881. The number of rotatable bonds is 0. The Hall–Kier alpha value is -0.960. The first kappa shape index (κ1) is 12.1. The van der Waals surface area contributed by atoms with E-state index in [1.54, 1.807) is 6.92 Å². The zero-order valence-corrected chi connectivity index (χ0v) is 11.5. The van der Waals surface area contributed by atoms with E-state index in [0.29, 0.717) is 17.9 Å². The predicted molar refractivity (Wildman–Crippen MR) is 67.1 cm³/mol. The van der Waals surface area contributed by atoms with Gasteiger partial charge >= 0.3 is 0 Å². The summed E-state index contributed by atoms with van der Waals surface area (Å²) >= 11 is 0. The van der Waals surface area contributed by atoms with E-state index in [1.807, 2.05) is 13.8 Å². The van der Waals surface area contributed by atoms with E-state index in [2.05, 4.69) is 6.92 Å². The second-order valence-electron chi connectivity index (χ2n) is 6.56. The molecule has 0 aromatic rings. The molecule has 3 nitrogen and oxygen atoms in total. The number of fused-ring (bicyclic) bond motifs is 1. The second-order valence-corrected chi connectivity index (χ2v) is 6.56. The molecule has 0 unspecified atom stereocenters. The lowest BCUT2D eigenvalue weighted by molar-refractivity contribution is -0.121. The molecule has 2 aliphatic carbocycles. The molecule has 0 bridgehead atoms. The van der Waals surface area contributed by atoms with Crippen LogP contribution in [0.2, 0.25) is 0 Å². The zero-order valence-electron chi connectivity index (χ0n) is 11.5. The van der Waals surface area contributed by atoms with Gasteiger partial charge < -0.3 is 4.74 Å².